The summed E-state index contributed by atoms with van der Waals surface area (Å²) in [5.41, 5.74) is 1.07. The number of rotatable bonds is 4. The number of hydrazine groups is 1. The van der Waals surface area contributed by atoms with Crippen molar-refractivity contribution >= 4 is 11.8 Å². The van der Waals surface area contributed by atoms with Crippen LogP contribution in [0.1, 0.15) is 34.1 Å². The fourth-order valence-electron chi connectivity index (χ4n) is 2.99. The molecule has 0 atom stereocenters. The van der Waals surface area contributed by atoms with Crippen LogP contribution in [0.25, 0.3) is 0 Å². The van der Waals surface area contributed by atoms with Crippen LogP contribution in [-0.2, 0) is 0 Å². The molecule has 0 unspecified atom stereocenters. The lowest BCUT2D eigenvalue weighted by Gasteiger charge is -2.28. The Morgan fingerprint density at radius 1 is 0.950 bits per heavy atom. The topological polar surface area (TPSA) is 43.9 Å². The Bertz CT molecular complexity index is 509. The number of carbonyl (C=O) groups is 2. The molecule has 0 radical (unpaired) electrons. The Labute approximate surface area is 118 Å². The van der Waals surface area contributed by atoms with Crippen molar-refractivity contribution in [3.05, 3.63) is 35.4 Å². The maximum absolute atomic E-state index is 12.2. The molecule has 20 heavy (non-hydrogen) atoms. The van der Waals surface area contributed by atoms with E-state index < -0.39 is 0 Å². The minimum Gasteiger partial charge on any atom is -0.273 e. The van der Waals surface area contributed by atoms with Crippen molar-refractivity contribution in [3.8, 4) is 0 Å². The smallest absolute Gasteiger partial charge is 0.261 e. The Morgan fingerprint density at radius 3 is 2.15 bits per heavy atom. The first-order valence-corrected chi connectivity index (χ1v) is 7.17. The van der Waals surface area contributed by atoms with Crippen LogP contribution in [0.4, 0.5) is 0 Å². The molecular formula is C15H19N3O2. The molecule has 5 heteroatoms. The maximum atomic E-state index is 12.2. The van der Waals surface area contributed by atoms with E-state index in [4.69, 9.17) is 0 Å². The zero-order valence-corrected chi connectivity index (χ0v) is 11.7. The number of fused-ring (bicyclic) bond motifs is 1. The molecule has 106 valence electrons. The molecule has 0 spiro atoms. The van der Waals surface area contributed by atoms with E-state index >= 15 is 0 Å². The molecule has 2 heterocycles. The van der Waals surface area contributed by atoms with E-state index in [1.54, 1.807) is 24.3 Å². The summed E-state index contributed by atoms with van der Waals surface area (Å²) in [5.74, 6) is -0.319. The summed E-state index contributed by atoms with van der Waals surface area (Å²) >= 11 is 0. The molecule has 2 aliphatic rings. The van der Waals surface area contributed by atoms with Crippen LogP contribution in [0.5, 0.6) is 0 Å². The average Bonchev–Trinajstić information content (AvgIpc) is 3.02. The van der Waals surface area contributed by atoms with Crippen LogP contribution in [0.2, 0.25) is 0 Å². The van der Waals surface area contributed by atoms with Crippen molar-refractivity contribution in [1.82, 2.24) is 14.9 Å². The highest BCUT2D eigenvalue weighted by Gasteiger charge is 2.35. The summed E-state index contributed by atoms with van der Waals surface area (Å²) in [4.78, 5) is 25.8. The van der Waals surface area contributed by atoms with E-state index in [9.17, 15) is 9.59 Å². The molecule has 0 aliphatic carbocycles. The van der Waals surface area contributed by atoms with Crippen LogP contribution < -0.4 is 0 Å². The maximum Gasteiger partial charge on any atom is 0.261 e. The highest BCUT2D eigenvalue weighted by Crippen LogP contribution is 2.22. The first-order valence-electron chi connectivity index (χ1n) is 7.17. The quantitative estimate of drug-likeness (QED) is 0.774. The second kappa shape index (κ2) is 5.34. The van der Waals surface area contributed by atoms with Crippen molar-refractivity contribution in [2.45, 2.75) is 13.3 Å². The predicted molar refractivity (Wildman–Crippen MR) is 75.2 cm³/mol. The van der Waals surface area contributed by atoms with E-state index in [1.807, 2.05) is 0 Å². The highest BCUT2D eigenvalue weighted by molar-refractivity contribution is 6.21. The number of hydrogen-bond donors (Lipinski definition) is 0. The van der Waals surface area contributed by atoms with Gasteiger partial charge < -0.3 is 0 Å². The molecule has 0 N–H and O–H groups in total. The number of hydrogen-bond acceptors (Lipinski definition) is 4. The summed E-state index contributed by atoms with van der Waals surface area (Å²) in [7, 11) is 0. The third-order valence-electron chi connectivity index (χ3n) is 4.06. The molecule has 5 nitrogen and oxygen atoms in total. The SMILES string of the molecule is CCN1CCCN1CCN1C(=O)c2ccccc2C1=O. The lowest BCUT2D eigenvalue weighted by atomic mass is 10.1. The van der Waals surface area contributed by atoms with Crippen LogP contribution in [0, 0.1) is 0 Å². The van der Waals surface area contributed by atoms with Gasteiger partial charge in [0.2, 0.25) is 0 Å². The lowest BCUT2D eigenvalue weighted by Crippen LogP contribution is -2.43. The minimum absolute atomic E-state index is 0.159. The van der Waals surface area contributed by atoms with Crippen LogP contribution >= 0.6 is 0 Å². The van der Waals surface area contributed by atoms with Gasteiger partial charge in [0.1, 0.15) is 0 Å². The molecule has 3 rings (SSSR count). The zero-order chi connectivity index (χ0) is 14.1. The monoisotopic (exact) mass is 273 g/mol. The highest BCUT2D eigenvalue weighted by atomic mass is 16.2. The summed E-state index contributed by atoms with van der Waals surface area (Å²) < 4.78 is 0. The second-order valence-corrected chi connectivity index (χ2v) is 5.16. The van der Waals surface area contributed by atoms with Crippen molar-refractivity contribution < 1.29 is 9.59 Å². The average molecular weight is 273 g/mol. The molecule has 2 aliphatic heterocycles. The van der Waals surface area contributed by atoms with Gasteiger partial charge in [0.25, 0.3) is 11.8 Å². The molecule has 0 saturated carbocycles. The molecule has 0 bridgehead atoms. The third kappa shape index (κ3) is 2.13. The van der Waals surface area contributed by atoms with Crippen molar-refractivity contribution in [2.24, 2.45) is 0 Å². The van der Waals surface area contributed by atoms with Gasteiger partial charge >= 0.3 is 0 Å². The van der Waals surface area contributed by atoms with Crippen LogP contribution in [0.3, 0.4) is 0 Å². The van der Waals surface area contributed by atoms with Gasteiger partial charge in [0.05, 0.1) is 11.1 Å². The Balaban J connectivity index is 1.68. The van der Waals surface area contributed by atoms with Gasteiger partial charge in [-0.25, -0.2) is 10.0 Å². The number of nitrogens with zero attached hydrogens (tertiary/aromatic N) is 3. The Kier molecular flexibility index (Phi) is 3.54. The van der Waals surface area contributed by atoms with E-state index in [0.29, 0.717) is 17.7 Å². The van der Waals surface area contributed by atoms with Gasteiger partial charge in [-0.05, 0) is 18.6 Å². The zero-order valence-electron chi connectivity index (χ0n) is 11.7. The largest absolute Gasteiger partial charge is 0.273 e. The molecule has 1 fully saturated rings. The minimum atomic E-state index is -0.159. The Hall–Kier alpha value is -1.72. The van der Waals surface area contributed by atoms with Crippen molar-refractivity contribution in [1.29, 1.82) is 0 Å². The molecular weight excluding hydrogens is 254 g/mol. The van der Waals surface area contributed by atoms with Gasteiger partial charge in [0, 0.05) is 32.7 Å². The third-order valence-corrected chi connectivity index (χ3v) is 4.06. The first-order chi connectivity index (χ1) is 9.72. The molecule has 2 amide bonds. The number of imide groups is 1. The van der Waals surface area contributed by atoms with Gasteiger partial charge in [-0.2, -0.15) is 0 Å². The predicted octanol–water partition coefficient (Wildman–Crippen LogP) is 1.23. The summed E-state index contributed by atoms with van der Waals surface area (Å²) in [6.45, 7) is 6.36. The fraction of sp³-hybridized carbons (Fsp3) is 0.467. The molecule has 1 saturated heterocycles. The van der Waals surface area contributed by atoms with Crippen LogP contribution in [0.15, 0.2) is 24.3 Å². The van der Waals surface area contributed by atoms with Crippen LogP contribution in [-0.4, -0.2) is 59.5 Å². The van der Waals surface area contributed by atoms with Gasteiger partial charge in [0.15, 0.2) is 0 Å². The molecule has 0 aromatic heterocycles. The molecule has 1 aromatic carbocycles. The van der Waals surface area contributed by atoms with Gasteiger partial charge in [-0.1, -0.05) is 19.1 Å². The normalized spacial score (nSPS) is 19.9. The standard InChI is InChI=1S/C15H19N3O2/c1-2-16-8-5-9-17(16)10-11-18-14(19)12-6-3-4-7-13(12)15(18)20/h3-4,6-7H,2,5,8-11H2,1H3. The van der Waals surface area contributed by atoms with E-state index in [1.165, 1.54) is 4.90 Å². The lowest BCUT2D eigenvalue weighted by molar-refractivity contribution is 0.0234. The van der Waals surface area contributed by atoms with Crippen molar-refractivity contribution in [3.63, 3.8) is 0 Å². The van der Waals surface area contributed by atoms with Crippen molar-refractivity contribution in [2.75, 3.05) is 32.7 Å². The van der Waals surface area contributed by atoms with E-state index in [-0.39, 0.29) is 11.8 Å². The molecule has 1 aromatic rings. The second-order valence-electron chi connectivity index (χ2n) is 5.16. The van der Waals surface area contributed by atoms with E-state index in [0.717, 1.165) is 32.6 Å². The Morgan fingerprint density at radius 2 is 1.55 bits per heavy atom. The summed E-state index contributed by atoms with van der Waals surface area (Å²) in [5, 5.41) is 4.52. The summed E-state index contributed by atoms with van der Waals surface area (Å²) in [6.07, 6.45) is 1.15. The number of carbonyl (C=O) groups excluding carboxylic acids is 2. The van der Waals surface area contributed by atoms with Gasteiger partial charge in [-0.3, -0.25) is 14.5 Å². The number of benzene rings is 1. The number of amides is 2. The summed E-state index contributed by atoms with van der Waals surface area (Å²) in [6, 6.07) is 7.05. The first kappa shape index (κ1) is 13.3. The fourth-order valence-corrected chi connectivity index (χ4v) is 2.99. The van der Waals surface area contributed by atoms with E-state index in [2.05, 4.69) is 16.9 Å². The van der Waals surface area contributed by atoms with Gasteiger partial charge in [-0.15, -0.1) is 0 Å².